The van der Waals surface area contributed by atoms with Crippen LogP contribution >= 0.6 is 0 Å². The molecule has 0 saturated carbocycles. The molecule has 0 aliphatic rings. The van der Waals surface area contributed by atoms with Crippen molar-refractivity contribution in [1.82, 2.24) is 9.88 Å². The van der Waals surface area contributed by atoms with Crippen LogP contribution in [-0.2, 0) is 0 Å². The monoisotopic (exact) mass is 285 g/mol. The van der Waals surface area contributed by atoms with Gasteiger partial charge >= 0.3 is 0 Å². The van der Waals surface area contributed by atoms with E-state index in [0.717, 1.165) is 23.7 Å². The summed E-state index contributed by atoms with van der Waals surface area (Å²) in [5.41, 5.74) is 2.39. The molecular formula is C17H23N3O. The largest absolute Gasteiger partial charge is 0.497 e. The number of nitrogens with one attached hydrogen (secondary N) is 1. The van der Waals surface area contributed by atoms with Crippen molar-refractivity contribution in [2.24, 2.45) is 0 Å². The molecule has 0 bridgehead atoms. The maximum atomic E-state index is 5.31. The highest BCUT2D eigenvalue weighted by molar-refractivity contribution is 5.37. The third-order valence-electron chi connectivity index (χ3n) is 3.49. The quantitative estimate of drug-likeness (QED) is 0.885. The molecule has 0 radical (unpaired) electrons. The lowest BCUT2D eigenvalue weighted by Crippen LogP contribution is -2.27. The Labute approximate surface area is 126 Å². The molecular weight excluding hydrogens is 262 g/mol. The summed E-state index contributed by atoms with van der Waals surface area (Å²) in [6.07, 6.45) is 1.87. The van der Waals surface area contributed by atoms with E-state index in [0.29, 0.717) is 0 Å². The number of likely N-dealkylation sites (N-methyl/N-ethyl adjacent to an activating group) is 1. The van der Waals surface area contributed by atoms with Crippen molar-refractivity contribution in [3.8, 4) is 5.75 Å². The zero-order valence-electron chi connectivity index (χ0n) is 13.1. The van der Waals surface area contributed by atoms with Gasteiger partial charge < -0.3 is 15.0 Å². The van der Waals surface area contributed by atoms with E-state index in [4.69, 9.17) is 4.74 Å². The predicted molar refractivity (Wildman–Crippen MR) is 86.9 cm³/mol. The Hall–Kier alpha value is -2.07. The van der Waals surface area contributed by atoms with Crippen molar-refractivity contribution in [2.75, 3.05) is 33.1 Å². The third-order valence-corrected chi connectivity index (χ3v) is 3.49. The number of rotatable bonds is 6. The molecule has 4 heteroatoms. The molecule has 0 saturated heterocycles. The lowest BCUT2D eigenvalue weighted by molar-refractivity contribution is 0.310. The third kappa shape index (κ3) is 4.20. The number of ether oxygens (including phenoxy) is 1. The first-order valence-corrected chi connectivity index (χ1v) is 7.07. The number of benzene rings is 1. The Morgan fingerprint density at radius 3 is 2.67 bits per heavy atom. The Kier molecular flexibility index (Phi) is 5.17. The molecule has 2 aromatic rings. The maximum Gasteiger partial charge on any atom is 0.125 e. The summed E-state index contributed by atoms with van der Waals surface area (Å²) >= 11 is 0. The fourth-order valence-corrected chi connectivity index (χ4v) is 2.22. The van der Waals surface area contributed by atoms with Gasteiger partial charge in [-0.1, -0.05) is 18.2 Å². The van der Waals surface area contributed by atoms with Gasteiger partial charge in [-0.15, -0.1) is 0 Å². The lowest BCUT2D eigenvalue weighted by Gasteiger charge is -2.25. The first kappa shape index (κ1) is 15.3. The van der Waals surface area contributed by atoms with E-state index in [9.17, 15) is 0 Å². The SMILES string of the molecule is COc1cccc(C(CNc2ccc(C)cn2)N(C)C)c1. The molecule has 1 atom stereocenters. The van der Waals surface area contributed by atoms with E-state index < -0.39 is 0 Å². The van der Waals surface area contributed by atoms with Gasteiger partial charge in [-0.3, -0.25) is 0 Å². The van der Waals surface area contributed by atoms with Crippen LogP contribution in [0.3, 0.4) is 0 Å². The molecule has 1 unspecified atom stereocenters. The predicted octanol–water partition coefficient (Wildman–Crippen LogP) is 3.11. The second-order valence-electron chi connectivity index (χ2n) is 5.36. The Bertz CT molecular complexity index is 567. The molecule has 21 heavy (non-hydrogen) atoms. The average molecular weight is 285 g/mol. The number of hydrogen-bond acceptors (Lipinski definition) is 4. The molecule has 1 N–H and O–H groups in total. The fraction of sp³-hybridized carbons (Fsp3) is 0.353. The number of methoxy groups -OCH3 is 1. The summed E-state index contributed by atoms with van der Waals surface area (Å²) < 4.78 is 5.31. The van der Waals surface area contributed by atoms with E-state index in [1.807, 2.05) is 31.3 Å². The van der Waals surface area contributed by atoms with Crippen LogP contribution in [0.15, 0.2) is 42.6 Å². The average Bonchev–Trinajstić information content (AvgIpc) is 2.49. The van der Waals surface area contributed by atoms with E-state index in [1.54, 1.807) is 7.11 Å². The molecule has 2 rings (SSSR count). The second-order valence-corrected chi connectivity index (χ2v) is 5.36. The molecule has 0 amide bonds. The molecule has 0 spiro atoms. The number of aromatic nitrogens is 1. The van der Waals surface area contributed by atoms with Gasteiger partial charge in [-0.05, 0) is 50.3 Å². The maximum absolute atomic E-state index is 5.31. The number of hydrogen-bond donors (Lipinski definition) is 1. The Balaban J connectivity index is 2.10. The first-order chi connectivity index (χ1) is 10.1. The molecule has 0 aliphatic heterocycles. The molecule has 1 aromatic carbocycles. The zero-order chi connectivity index (χ0) is 15.2. The van der Waals surface area contributed by atoms with Crippen LogP contribution in [0.1, 0.15) is 17.2 Å². The van der Waals surface area contributed by atoms with Crippen LogP contribution < -0.4 is 10.1 Å². The highest BCUT2D eigenvalue weighted by Gasteiger charge is 2.14. The summed E-state index contributed by atoms with van der Waals surface area (Å²) in [7, 11) is 5.85. The standard InChI is InChI=1S/C17H23N3O/c1-13-8-9-17(18-11-13)19-12-16(20(2)3)14-6-5-7-15(10-14)21-4/h5-11,16H,12H2,1-4H3,(H,18,19). The highest BCUT2D eigenvalue weighted by Crippen LogP contribution is 2.23. The van der Waals surface area contributed by atoms with Crippen LogP contribution in [0.5, 0.6) is 5.75 Å². The number of nitrogens with zero attached hydrogens (tertiary/aromatic N) is 2. The van der Waals surface area contributed by atoms with Crippen molar-refractivity contribution in [3.63, 3.8) is 0 Å². The number of anilines is 1. The molecule has 112 valence electrons. The van der Waals surface area contributed by atoms with Crippen LogP contribution in [0.4, 0.5) is 5.82 Å². The minimum atomic E-state index is 0.253. The van der Waals surface area contributed by atoms with Crippen LogP contribution in [0, 0.1) is 6.92 Å². The molecule has 0 aliphatic carbocycles. The van der Waals surface area contributed by atoms with Crippen molar-refractivity contribution < 1.29 is 4.74 Å². The van der Waals surface area contributed by atoms with Crippen molar-refractivity contribution in [2.45, 2.75) is 13.0 Å². The molecule has 1 heterocycles. The summed E-state index contributed by atoms with van der Waals surface area (Å²) in [6, 6.07) is 12.5. The van der Waals surface area contributed by atoms with Crippen molar-refractivity contribution in [1.29, 1.82) is 0 Å². The number of aryl methyl sites for hydroxylation is 1. The summed E-state index contributed by atoms with van der Waals surface area (Å²) in [5, 5.41) is 3.40. The fourth-order valence-electron chi connectivity index (χ4n) is 2.22. The van der Waals surface area contributed by atoms with Gasteiger partial charge in [0.15, 0.2) is 0 Å². The van der Waals surface area contributed by atoms with E-state index in [-0.39, 0.29) is 6.04 Å². The normalized spacial score (nSPS) is 12.2. The van der Waals surface area contributed by atoms with Gasteiger partial charge in [0.05, 0.1) is 13.2 Å². The first-order valence-electron chi connectivity index (χ1n) is 7.07. The van der Waals surface area contributed by atoms with Gasteiger partial charge in [-0.25, -0.2) is 4.98 Å². The summed E-state index contributed by atoms with van der Waals surface area (Å²) in [6.45, 7) is 2.83. The van der Waals surface area contributed by atoms with E-state index >= 15 is 0 Å². The highest BCUT2D eigenvalue weighted by atomic mass is 16.5. The molecule has 0 fully saturated rings. The smallest absolute Gasteiger partial charge is 0.125 e. The van der Waals surface area contributed by atoms with Crippen molar-refractivity contribution >= 4 is 5.82 Å². The van der Waals surface area contributed by atoms with Gasteiger partial charge in [0.25, 0.3) is 0 Å². The Morgan fingerprint density at radius 2 is 2.05 bits per heavy atom. The van der Waals surface area contributed by atoms with Gasteiger partial charge in [0, 0.05) is 12.7 Å². The van der Waals surface area contributed by atoms with E-state index in [2.05, 4.69) is 47.5 Å². The van der Waals surface area contributed by atoms with Crippen molar-refractivity contribution in [3.05, 3.63) is 53.7 Å². The topological polar surface area (TPSA) is 37.4 Å². The molecule has 1 aromatic heterocycles. The zero-order valence-corrected chi connectivity index (χ0v) is 13.1. The lowest BCUT2D eigenvalue weighted by atomic mass is 10.1. The number of pyridine rings is 1. The van der Waals surface area contributed by atoms with Gasteiger partial charge in [0.1, 0.15) is 11.6 Å². The van der Waals surface area contributed by atoms with E-state index in [1.165, 1.54) is 5.56 Å². The Morgan fingerprint density at radius 1 is 1.24 bits per heavy atom. The van der Waals surface area contributed by atoms with Gasteiger partial charge in [-0.2, -0.15) is 0 Å². The summed E-state index contributed by atoms with van der Waals surface area (Å²) in [5.74, 6) is 1.78. The van der Waals surface area contributed by atoms with Gasteiger partial charge in [0.2, 0.25) is 0 Å². The minimum absolute atomic E-state index is 0.253. The molecule has 4 nitrogen and oxygen atoms in total. The second kappa shape index (κ2) is 7.09. The minimum Gasteiger partial charge on any atom is -0.497 e. The summed E-state index contributed by atoms with van der Waals surface area (Å²) in [4.78, 5) is 6.57. The van der Waals surface area contributed by atoms with Crippen LogP contribution in [0.2, 0.25) is 0 Å². The van der Waals surface area contributed by atoms with Crippen LogP contribution in [0.25, 0.3) is 0 Å². The van der Waals surface area contributed by atoms with Crippen LogP contribution in [-0.4, -0.2) is 37.6 Å².